The lowest BCUT2D eigenvalue weighted by atomic mass is 9.93. The van der Waals surface area contributed by atoms with Gasteiger partial charge < -0.3 is 19.3 Å². The monoisotopic (exact) mass is 462 g/mol. The second kappa shape index (κ2) is 8.03. The van der Waals surface area contributed by atoms with Gasteiger partial charge in [0.2, 0.25) is 0 Å². The largest absolute Gasteiger partial charge is 0.496 e. The maximum Gasteiger partial charge on any atom is 0.387 e. The van der Waals surface area contributed by atoms with Gasteiger partial charge >= 0.3 is 6.61 Å². The van der Waals surface area contributed by atoms with E-state index in [0.717, 1.165) is 0 Å². The fraction of sp³-hybridized carbons (Fsp3) is 0.391. The third-order valence-corrected chi connectivity index (χ3v) is 6.09. The number of benzene rings is 1. The van der Waals surface area contributed by atoms with Gasteiger partial charge in [0.15, 0.2) is 5.78 Å². The summed E-state index contributed by atoms with van der Waals surface area (Å²) in [5, 5.41) is 10.5. The van der Waals surface area contributed by atoms with Crippen LogP contribution in [0.5, 0.6) is 11.5 Å². The van der Waals surface area contributed by atoms with Crippen LogP contribution in [-0.4, -0.2) is 53.4 Å². The zero-order valence-corrected chi connectivity index (χ0v) is 17.6. The molecule has 1 saturated carbocycles. The molecule has 0 bridgehead atoms. The van der Waals surface area contributed by atoms with Crippen molar-refractivity contribution in [3.8, 4) is 22.8 Å². The van der Waals surface area contributed by atoms with E-state index < -0.39 is 30.1 Å². The molecule has 174 valence electrons. The lowest BCUT2D eigenvalue weighted by Gasteiger charge is -2.36. The number of pyridine rings is 1. The van der Waals surface area contributed by atoms with Gasteiger partial charge in [0.05, 0.1) is 32.2 Å². The van der Waals surface area contributed by atoms with E-state index in [9.17, 15) is 23.1 Å². The predicted molar refractivity (Wildman–Crippen MR) is 110 cm³/mol. The minimum atomic E-state index is -3.17. The van der Waals surface area contributed by atoms with Crippen molar-refractivity contribution in [2.45, 2.75) is 31.2 Å². The van der Waals surface area contributed by atoms with Gasteiger partial charge in [-0.1, -0.05) is 0 Å². The molecule has 1 aliphatic heterocycles. The van der Waals surface area contributed by atoms with Crippen LogP contribution in [0.1, 0.15) is 28.8 Å². The van der Waals surface area contributed by atoms with Crippen LogP contribution in [0.3, 0.4) is 0 Å². The van der Waals surface area contributed by atoms with Crippen LogP contribution >= 0.6 is 0 Å². The number of alkyl halides is 3. The minimum absolute atomic E-state index is 0.0525. The SMILES string of the molecule is COc1cc(-c2cnc3cc(C4(O)COC4)ccn23)cc(OC(F)F)c1C(=O)C[C@@H]1C[C@@H]1F. The molecule has 0 unspecified atom stereocenters. The molecule has 5 rings (SSSR count). The van der Waals surface area contributed by atoms with Crippen molar-refractivity contribution in [1.82, 2.24) is 9.38 Å². The lowest BCUT2D eigenvalue weighted by Crippen LogP contribution is -2.46. The second-order valence-corrected chi connectivity index (χ2v) is 8.38. The number of fused-ring (bicyclic) bond motifs is 1. The highest BCUT2D eigenvalue weighted by Gasteiger charge is 2.40. The molecule has 1 N–H and O–H groups in total. The summed E-state index contributed by atoms with van der Waals surface area (Å²) in [4.78, 5) is 17.1. The van der Waals surface area contributed by atoms with E-state index in [-0.39, 0.29) is 43.1 Å². The Morgan fingerprint density at radius 2 is 2.06 bits per heavy atom. The van der Waals surface area contributed by atoms with Gasteiger partial charge in [-0.25, -0.2) is 9.37 Å². The Labute approximate surface area is 186 Å². The molecule has 10 heteroatoms. The van der Waals surface area contributed by atoms with Gasteiger partial charge in [-0.05, 0) is 36.2 Å². The molecule has 3 heterocycles. The molecule has 0 radical (unpaired) electrons. The zero-order valence-electron chi connectivity index (χ0n) is 17.6. The summed E-state index contributed by atoms with van der Waals surface area (Å²) in [6.45, 7) is -2.77. The first-order chi connectivity index (χ1) is 15.8. The molecule has 33 heavy (non-hydrogen) atoms. The van der Waals surface area contributed by atoms with Crippen LogP contribution in [0.25, 0.3) is 16.9 Å². The fourth-order valence-electron chi connectivity index (χ4n) is 4.07. The van der Waals surface area contributed by atoms with Gasteiger partial charge in [0, 0.05) is 24.1 Å². The number of aromatic nitrogens is 2. The van der Waals surface area contributed by atoms with Crippen molar-refractivity contribution in [3.05, 3.63) is 47.8 Å². The van der Waals surface area contributed by atoms with Crippen molar-refractivity contribution in [1.29, 1.82) is 0 Å². The minimum Gasteiger partial charge on any atom is -0.496 e. The Balaban J connectivity index is 1.56. The Kier molecular flexibility index (Phi) is 5.29. The standard InChI is InChI=1S/C23H21F3N2O5/c1-31-18-6-13(7-19(33-22(25)26)21(18)17(29)5-12-4-15(12)24)16-9-27-20-8-14(2-3-28(16)20)23(30)10-32-11-23/h2-3,6-9,12,15,22,30H,4-5,10-11H2,1H3/t12-,15-/m0/s1. The number of methoxy groups -OCH3 is 1. The van der Waals surface area contributed by atoms with Crippen molar-refractivity contribution < 1.29 is 37.3 Å². The summed E-state index contributed by atoms with van der Waals surface area (Å²) in [6, 6.07) is 6.32. The summed E-state index contributed by atoms with van der Waals surface area (Å²) in [5.74, 6) is -1.22. The van der Waals surface area contributed by atoms with Crippen LogP contribution in [-0.2, 0) is 10.3 Å². The van der Waals surface area contributed by atoms with E-state index in [1.807, 2.05) is 0 Å². The van der Waals surface area contributed by atoms with E-state index >= 15 is 0 Å². The summed E-state index contributed by atoms with van der Waals surface area (Å²) in [5.41, 5.74) is 0.961. The molecule has 1 aliphatic carbocycles. The zero-order chi connectivity index (χ0) is 23.3. The van der Waals surface area contributed by atoms with Gasteiger partial charge in [0.1, 0.15) is 34.5 Å². The molecule has 1 aromatic carbocycles. The Bertz CT molecular complexity index is 1220. The third-order valence-electron chi connectivity index (χ3n) is 6.09. The predicted octanol–water partition coefficient (Wildman–Crippen LogP) is 3.76. The molecule has 0 spiro atoms. The van der Waals surface area contributed by atoms with Crippen molar-refractivity contribution in [2.75, 3.05) is 20.3 Å². The summed E-state index contributed by atoms with van der Waals surface area (Å²) in [7, 11) is 1.32. The molecule has 2 aromatic heterocycles. The average Bonchev–Trinajstić information content (AvgIpc) is 3.28. The highest BCUT2D eigenvalue weighted by molar-refractivity contribution is 6.02. The number of hydrogen-bond acceptors (Lipinski definition) is 6. The first kappa shape index (κ1) is 21.7. The van der Waals surface area contributed by atoms with Crippen molar-refractivity contribution in [3.63, 3.8) is 0 Å². The smallest absolute Gasteiger partial charge is 0.387 e. The summed E-state index contributed by atoms with van der Waals surface area (Å²) >= 11 is 0. The number of ketones is 1. The first-order valence-corrected chi connectivity index (χ1v) is 10.4. The molecular weight excluding hydrogens is 441 g/mol. The van der Waals surface area contributed by atoms with E-state index in [2.05, 4.69) is 9.72 Å². The quantitative estimate of drug-likeness (QED) is 0.514. The number of rotatable bonds is 8. The number of carbonyl (C=O) groups is 1. The molecule has 7 nitrogen and oxygen atoms in total. The van der Waals surface area contributed by atoms with Crippen LogP contribution in [0, 0.1) is 5.92 Å². The number of aliphatic hydroxyl groups is 1. The molecule has 1 saturated heterocycles. The number of carbonyl (C=O) groups excluding carboxylic acids is 1. The van der Waals surface area contributed by atoms with Gasteiger partial charge in [-0.15, -0.1) is 0 Å². The fourth-order valence-corrected chi connectivity index (χ4v) is 4.07. The van der Waals surface area contributed by atoms with E-state index in [1.165, 1.54) is 19.2 Å². The van der Waals surface area contributed by atoms with E-state index in [4.69, 9.17) is 9.47 Å². The molecule has 2 aliphatic rings. The van der Waals surface area contributed by atoms with Gasteiger partial charge in [-0.2, -0.15) is 8.78 Å². The molecule has 3 aromatic rings. The Morgan fingerprint density at radius 3 is 2.67 bits per heavy atom. The molecular formula is C23H21F3N2O5. The van der Waals surface area contributed by atoms with E-state index in [1.54, 1.807) is 28.9 Å². The van der Waals surface area contributed by atoms with Gasteiger partial charge in [0.25, 0.3) is 0 Å². The number of Topliss-reactive ketones (excluding diaryl/α,β-unsaturated/α-hetero) is 1. The second-order valence-electron chi connectivity index (χ2n) is 8.38. The maximum atomic E-state index is 13.3. The highest BCUT2D eigenvalue weighted by Crippen LogP contribution is 2.42. The number of hydrogen-bond donors (Lipinski definition) is 1. The third kappa shape index (κ3) is 3.93. The average molecular weight is 462 g/mol. The topological polar surface area (TPSA) is 82.3 Å². The number of halogens is 3. The highest BCUT2D eigenvalue weighted by atomic mass is 19.3. The van der Waals surface area contributed by atoms with Crippen molar-refractivity contribution in [2.24, 2.45) is 5.92 Å². The summed E-state index contributed by atoms with van der Waals surface area (Å²) in [6.07, 6.45) is 2.37. The number of nitrogens with zero attached hydrogens (tertiary/aromatic N) is 2. The Hall–Kier alpha value is -3.11. The lowest BCUT2D eigenvalue weighted by molar-refractivity contribution is -0.184. The van der Waals surface area contributed by atoms with Crippen LogP contribution < -0.4 is 9.47 Å². The molecule has 2 atom stereocenters. The van der Waals surface area contributed by atoms with E-state index in [0.29, 0.717) is 22.5 Å². The van der Waals surface area contributed by atoms with Crippen LogP contribution in [0.2, 0.25) is 0 Å². The Morgan fingerprint density at radius 1 is 1.33 bits per heavy atom. The number of imidazole rings is 1. The maximum absolute atomic E-state index is 13.3. The number of ether oxygens (including phenoxy) is 3. The van der Waals surface area contributed by atoms with Crippen molar-refractivity contribution >= 4 is 11.4 Å². The molecule has 2 fully saturated rings. The summed E-state index contributed by atoms with van der Waals surface area (Å²) < 4.78 is 56.5. The first-order valence-electron chi connectivity index (χ1n) is 10.4. The van der Waals surface area contributed by atoms with Gasteiger partial charge in [-0.3, -0.25) is 9.20 Å². The normalized spacial score (nSPS) is 21.2. The van der Waals surface area contributed by atoms with Crippen LogP contribution in [0.15, 0.2) is 36.7 Å². The molecule has 0 amide bonds. The van der Waals surface area contributed by atoms with Crippen LogP contribution in [0.4, 0.5) is 13.2 Å².